The van der Waals surface area contributed by atoms with Crippen molar-refractivity contribution in [1.82, 2.24) is 0 Å². The minimum Gasteiger partial charge on any atom is -0.0622 e. The van der Waals surface area contributed by atoms with E-state index in [1.807, 2.05) is 36.4 Å². The van der Waals surface area contributed by atoms with Crippen molar-refractivity contribution >= 4 is 64.6 Å². The van der Waals surface area contributed by atoms with Crippen LogP contribution in [0.1, 0.15) is 13.7 Å². The van der Waals surface area contributed by atoms with Gasteiger partial charge in [0.05, 0.1) is 13.7 Å². The molecule has 0 aliphatic heterocycles. The van der Waals surface area contributed by atoms with Gasteiger partial charge in [-0.15, -0.1) is 0 Å². The van der Waals surface area contributed by atoms with E-state index in [0.29, 0.717) is 27.3 Å². The molecule has 0 N–H and O–H groups in total. The van der Waals surface area contributed by atoms with Crippen molar-refractivity contribution in [3.8, 4) is 55.6 Å². The lowest BCUT2D eigenvalue weighted by Gasteiger charge is -2.19. The molecule has 0 fully saturated rings. The number of fused-ring (bicyclic) bond motifs is 4. The summed E-state index contributed by atoms with van der Waals surface area (Å²) in [4.78, 5) is 0. The highest BCUT2D eigenvalue weighted by atomic mass is 14.2. The van der Waals surface area contributed by atoms with Crippen molar-refractivity contribution in [2.45, 2.75) is 0 Å². The van der Waals surface area contributed by atoms with Gasteiger partial charge in [0.15, 0.2) is 0 Å². The average Bonchev–Trinajstić information content (AvgIpc) is 3.37. The van der Waals surface area contributed by atoms with Crippen molar-refractivity contribution in [3.63, 3.8) is 0 Å². The third kappa shape index (κ3) is 5.02. The molecule has 0 aliphatic carbocycles. The average molecular weight is 743 g/mol. The topological polar surface area (TPSA) is 0 Å². The second kappa shape index (κ2) is 13.0. The van der Waals surface area contributed by atoms with Gasteiger partial charge in [0.25, 0.3) is 0 Å². The Hall–Kier alpha value is -7.54. The van der Waals surface area contributed by atoms with E-state index < -0.39 is 36.3 Å². The molecule has 58 heavy (non-hydrogen) atoms. The van der Waals surface area contributed by atoms with E-state index in [1.165, 1.54) is 48.7 Å². The Bertz CT molecular complexity index is 4050. The molecule has 0 nitrogen and oxygen atoms in total. The largest absolute Gasteiger partial charge is 0.0629 e. The summed E-state index contributed by atoms with van der Waals surface area (Å²) in [6, 6.07) is 49.7. The lowest BCUT2D eigenvalue weighted by atomic mass is 9.84. The third-order valence-electron chi connectivity index (χ3n) is 11.8. The summed E-state index contributed by atoms with van der Waals surface area (Å²) >= 11 is 0. The van der Waals surface area contributed by atoms with E-state index in [-0.39, 0.29) is 35.3 Å². The van der Waals surface area contributed by atoms with Gasteiger partial charge in [-0.1, -0.05) is 212 Å². The quantitative estimate of drug-likeness (QED) is 0.122. The summed E-state index contributed by atoms with van der Waals surface area (Å²) in [6.07, 6.45) is 0. The SMILES string of the molecule is [2H]c1c([2H])c([2H])c(-c2ccc3c(-c4c([2H])c([2H])c([2H])c([2H])c4[2H])c4ccccc4c(-c4ccc(-c5ccc(-c6c7ccccc7c7ccc8cccc9ccc6c7c98)cc5)cc4)c3c2)c([2H])c1[2H]. The van der Waals surface area contributed by atoms with Gasteiger partial charge < -0.3 is 0 Å². The monoisotopic (exact) mass is 742 g/mol. The molecule has 0 saturated heterocycles. The molecule has 0 unspecified atom stereocenters. The normalized spacial score (nSPS) is 14.2. The minimum absolute atomic E-state index is 0.0373. The van der Waals surface area contributed by atoms with Crippen molar-refractivity contribution in [1.29, 1.82) is 0 Å². The van der Waals surface area contributed by atoms with Gasteiger partial charge in [-0.25, -0.2) is 0 Å². The zero-order valence-electron chi connectivity index (χ0n) is 41.0. The lowest BCUT2D eigenvalue weighted by molar-refractivity contribution is 1.60. The first-order chi connectivity index (χ1) is 32.9. The van der Waals surface area contributed by atoms with Crippen LogP contribution < -0.4 is 0 Å². The van der Waals surface area contributed by atoms with Gasteiger partial charge in [-0.2, -0.15) is 0 Å². The molecular weight excluding hydrogens is 697 g/mol. The van der Waals surface area contributed by atoms with Crippen LogP contribution in [0.3, 0.4) is 0 Å². The molecule has 0 radical (unpaired) electrons. The van der Waals surface area contributed by atoms with Gasteiger partial charge in [-0.05, 0) is 126 Å². The summed E-state index contributed by atoms with van der Waals surface area (Å²) in [5.41, 5.74) is 6.85. The van der Waals surface area contributed by atoms with Crippen LogP contribution >= 0.6 is 0 Å². The number of hydrogen-bond donors (Lipinski definition) is 0. The summed E-state index contributed by atoms with van der Waals surface area (Å²) in [7, 11) is 0. The molecule has 0 bridgehead atoms. The number of hydrogen-bond acceptors (Lipinski definition) is 0. The molecule has 0 saturated carbocycles. The van der Waals surface area contributed by atoms with Gasteiger partial charge >= 0.3 is 0 Å². The van der Waals surface area contributed by atoms with Crippen LogP contribution in [0, 0.1) is 0 Å². The van der Waals surface area contributed by atoms with Gasteiger partial charge in [-0.3, -0.25) is 0 Å². The predicted octanol–water partition coefficient (Wildman–Crippen LogP) is 16.4. The molecule has 0 atom stereocenters. The second-order valence-electron chi connectivity index (χ2n) is 14.8. The van der Waals surface area contributed by atoms with Gasteiger partial charge in [0.2, 0.25) is 0 Å². The highest BCUT2D eigenvalue weighted by molar-refractivity contribution is 6.33. The fraction of sp³-hybridized carbons (Fsp3) is 0. The first-order valence-electron chi connectivity index (χ1n) is 24.4. The van der Waals surface area contributed by atoms with Crippen LogP contribution in [0.4, 0.5) is 0 Å². The third-order valence-corrected chi connectivity index (χ3v) is 11.8. The predicted molar refractivity (Wildman–Crippen MR) is 250 cm³/mol. The second-order valence-corrected chi connectivity index (χ2v) is 14.8. The van der Waals surface area contributed by atoms with Crippen LogP contribution in [-0.2, 0) is 0 Å². The molecule has 0 aromatic heterocycles. The maximum absolute atomic E-state index is 9.04. The Balaban J connectivity index is 1.04. The summed E-state index contributed by atoms with van der Waals surface area (Å²) in [5.74, 6) is 0. The van der Waals surface area contributed by atoms with Gasteiger partial charge in [0.1, 0.15) is 0 Å². The summed E-state index contributed by atoms with van der Waals surface area (Å²) in [6.45, 7) is 0. The first kappa shape index (κ1) is 24.2. The Morgan fingerprint density at radius 2 is 0.672 bits per heavy atom. The maximum Gasteiger partial charge on any atom is 0.0629 e. The van der Waals surface area contributed by atoms with Crippen LogP contribution in [0.25, 0.3) is 120 Å². The molecule has 268 valence electrons. The van der Waals surface area contributed by atoms with Crippen molar-refractivity contribution in [2.75, 3.05) is 0 Å². The zero-order chi connectivity index (χ0) is 46.9. The number of rotatable bonds is 5. The van der Waals surface area contributed by atoms with E-state index >= 15 is 0 Å². The Morgan fingerprint density at radius 1 is 0.241 bits per heavy atom. The Kier molecular flexibility index (Phi) is 5.43. The fourth-order valence-electron chi connectivity index (χ4n) is 9.25. The fourth-order valence-corrected chi connectivity index (χ4v) is 9.25. The molecule has 0 heteroatoms. The van der Waals surface area contributed by atoms with E-state index in [9.17, 15) is 0 Å². The summed E-state index contributed by atoms with van der Waals surface area (Å²) in [5, 5.41) is 12.5. The molecule has 12 aromatic carbocycles. The van der Waals surface area contributed by atoms with E-state index in [2.05, 4.69) is 103 Å². The van der Waals surface area contributed by atoms with E-state index in [1.54, 1.807) is 18.2 Å². The molecule has 0 aliphatic rings. The molecule has 0 amide bonds. The van der Waals surface area contributed by atoms with Crippen LogP contribution in [0.5, 0.6) is 0 Å². The minimum atomic E-state index is -0.492. The van der Waals surface area contributed by atoms with E-state index in [4.69, 9.17) is 13.7 Å². The Labute approximate surface area is 351 Å². The lowest BCUT2D eigenvalue weighted by Crippen LogP contribution is -1.92. The zero-order valence-corrected chi connectivity index (χ0v) is 31.0. The smallest absolute Gasteiger partial charge is 0.0622 e. The standard InChI is InChI=1S/C58H36/c1-3-12-37(13-4-1)45-32-34-51-53(36-45)57(49-21-10-9-20-48(49)55(51)40-14-5-2-6-15-40)44-28-24-39(25-29-44)38-22-26-43(27-23-38)56-47-19-8-7-18-46(47)50-33-30-41-16-11-17-42-31-35-52(56)58(50)54(41)42/h1-36H/i1D,2D,3D,4D,5D,6D,12D,13D,14D,15D. The van der Waals surface area contributed by atoms with Crippen LogP contribution in [0.15, 0.2) is 218 Å². The summed E-state index contributed by atoms with van der Waals surface area (Å²) < 4.78 is 86.3. The molecule has 0 spiro atoms. The van der Waals surface area contributed by atoms with Crippen molar-refractivity contribution in [2.24, 2.45) is 0 Å². The van der Waals surface area contributed by atoms with Crippen LogP contribution in [0.2, 0.25) is 0 Å². The maximum atomic E-state index is 9.04. The van der Waals surface area contributed by atoms with E-state index in [0.717, 1.165) is 33.2 Å². The van der Waals surface area contributed by atoms with Gasteiger partial charge in [0, 0.05) is 0 Å². The number of benzene rings is 12. The van der Waals surface area contributed by atoms with Crippen molar-refractivity contribution < 1.29 is 13.7 Å². The molecular formula is C58H36. The molecule has 12 aromatic rings. The molecule has 0 heterocycles. The van der Waals surface area contributed by atoms with Crippen LogP contribution in [-0.4, -0.2) is 0 Å². The highest BCUT2D eigenvalue weighted by Gasteiger charge is 2.19. The highest BCUT2D eigenvalue weighted by Crippen LogP contribution is 2.47. The molecule has 12 rings (SSSR count). The Morgan fingerprint density at radius 3 is 1.28 bits per heavy atom. The first-order valence-corrected chi connectivity index (χ1v) is 19.4. The van der Waals surface area contributed by atoms with Crippen molar-refractivity contribution in [3.05, 3.63) is 218 Å².